The number of carbonyl (C=O) groups excluding carboxylic acids is 1. The van der Waals surface area contributed by atoms with Gasteiger partial charge in [0.25, 0.3) is 5.91 Å². The summed E-state index contributed by atoms with van der Waals surface area (Å²) in [5.74, 6) is -0.144. The maximum Gasteiger partial charge on any atom is 0.270 e. The van der Waals surface area contributed by atoms with E-state index in [-0.39, 0.29) is 11.9 Å². The number of aromatic nitrogens is 2. The molecule has 1 fully saturated rings. The van der Waals surface area contributed by atoms with Gasteiger partial charge in [0.1, 0.15) is 5.69 Å². The van der Waals surface area contributed by atoms with E-state index in [4.69, 9.17) is 4.74 Å². The van der Waals surface area contributed by atoms with Crippen molar-refractivity contribution < 1.29 is 9.53 Å². The van der Waals surface area contributed by atoms with E-state index in [0.29, 0.717) is 25.5 Å². The number of nitrogens with one attached hydrogen (secondary N) is 1. The minimum absolute atomic E-state index is 0.0199. The van der Waals surface area contributed by atoms with Crippen molar-refractivity contribution in [3.05, 3.63) is 82.1 Å². The van der Waals surface area contributed by atoms with E-state index in [2.05, 4.69) is 32.3 Å². The molecule has 1 unspecified atom stereocenters. The van der Waals surface area contributed by atoms with Crippen LogP contribution in [0.4, 0.5) is 0 Å². The summed E-state index contributed by atoms with van der Waals surface area (Å²) in [6.45, 7) is 3.55. The average Bonchev–Trinajstić information content (AvgIpc) is 3.25. The molecular weight excluding hydrogens is 384 g/mol. The Labute approximate surface area is 174 Å². The molecule has 1 atom stereocenters. The van der Waals surface area contributed by atoms with Crippen LogP contribution in [0.25, 0.3) is 0 Å². The lowest BCUT2D eigenvalue weighted by Crippen LogP contribution is -2.44. The van der Waals surface area contributed by atoms with Gasteiger partial charge >= 0.3 is 0 Å². The highest BCUT2D eigenvalue weighted by atomic mass is 32.1. The van der Waals surface area contributed by atoms with Crippen LogP contribution in [-0.4, -0.2) is 53.6 Å². The second kappa shape index (κ2) is 9.73. The van der Waals surface area contributed by atoms with E-state index in [9.17, 15) is 4.79 Å². The lowest BCUT2D eigenvalue weighted by Gasteiger charge is -2.34. The molecule has 1 aromatic carbocycles. The van der Waals surface area contributed by atoms with Crippen molar-refractivity contribution >= 4 is 17.2 Å². The van der Waals surface area contributed by atoms with Gasteiger partial charge in [-0.2, -0.15) is 0 Å². The number of ether oxygens (including phenoxy) is 1. The number of nitrogens with zero attached hydrogens (tertiary/aromatic N) is 3. The van der Waals surface area contributed by atoms with Gasteiger partial charge in [0.2, 0.25) is 0 Å². The van der Waals surface area contributed by atoms with Gasteiger partial charge in [-0.1, -0.05) is 36.4 Å². The van der Waals surface area contributed by atoms with Crippen LogP contribution in [0, 0.1) is 0 Å². The number of morpholine rings is 1. The zero-order valence-electron chi connectivity index (χ0n) is 16.2. The van der Waals surface area contributed by atoms with Gasteiger partial charge in [0.15, 0.2) is 0 Å². The molecule has 3 aromatic rings. The molecule has 0 spiro atoms. The minimum atomic E-state index is -0.144. The van der Waals surface area contributed by atoms with Crippen LogP contribution >= 0.6 is 11.3 Å². The fourth-order valence-electron chi connectivity index (χ4n) is 3.43. The van der Waals surface area contributed by atoms with Crippen LogP contribution in [0.15, 0.2) is 60.1 Å². The van der Waals surface area contributed by atoms with Crippen molar-refractivity contribution in [2.24, 2.45) is 0 Å². The van der Waals surface area contributed by atoms with E-state index >= 15 is 0 Å². The monoisotopic (exact) mass is 408 g/mol. The topological polar surface area (TPSA) is 67.4 Å². The predicted molar refractivity (Wildman–Crippen MR) is 113 cm³/mol. The smallest absolute Gasteiger partial charge is 0.270 e. The van der Waals surface area contributed by atoms with Gasteiger partial charge in [-0.3, -0.25) is 14.7 Å². The first-order valence-electron chi connectivity index (χ1n) is 9.79. The van der Waals surface area contributed by atoms with Gasteiger partial charge in [0.05, 0.1) is 30.0 Å². The fourth-order valence-corrected chi connectivity index (χ4v) is 4.24. The van der Waals surface area contributed by atoms with E-state index in [1.165, 1.54) is 16.9 Å². The molecule has 29 heavy (non-hydrogen) atoms. The third-order valence-corrected chi connectivity index (χ3v) is 5.80. The van der Waals surface area contributed by atoms with Crippen molar-refractivity contribution in [1.29, 1.82) is 0 Å². The second-order valence-corrected chi connectivity index (χ2v) is 7.86. The first-order chi connectivity index (χ1) is 14.3. The van der Waals surface area contributed by atoms with E-state index in [0.717, 1.165) is 30.2 Å². The number of hydrogen-bond acceptors (Lipinski definition) is 6. The number of carbonyl (C=O) groups is 1. The summed E-state index contributed by atoms with van der Waals surface area (Å²) in [7, 11) is 0. The van der Waals surface area contributed by atoms with Crippen molar-refractivity contribution in [2.75, 3.05) is 32.8 Å². The highest BCUT2D eigenvalue weighted by molar-refractivity contribution is 7.09. The Hall–Kier alpha value is -2.61. The van der Waals surface area contributed by atoms with E-state index < -0.39 is 0 Å². The Bertz CT molecular complexity index is 911. The molecule has 6 nitrogen and oxygen atoms in total. The quantitative estimate of drug-likeness (QED) is 0.651. The molecule has 3 heterocycles. The largest absolute Gasteiger partial charge is 0.379 e. The first-order valence-corrected chi connectivity index (χ1v) is 10.7. The normalized spacial score (nSPS) is 15.7. The zero-order chi connectivity index (χ0) is 19.9. The summed E-state index contributed by atoms with van der Waals surface area (Å²) >= 11 is 1.52. The molecule has 1 aliphatic rings. The molecule has 4 rings (SSSR count). The van der Waals surface area contributed by atoms with Gasteiger partial charge in [0, 0.05) is 37.6 Å². The summed E-state index contributed by atoms with van der Waals surface area (Å²) in [5.41, 5.74) is 2.62. The van der Waals surface area contributed by atoms with Crippen molar-refractivity contribution in [2.45, 2.75) is 12.5 Å². The number of benzene rings is 1. The third kappa shape index (κ3) is 5.26. The van der Waals surface area contributed by atoms with Gasteiger partial charge in [-0.15, -0.1) is 11.3 Å². The van der Waals surface area contributed by atoms with Gasteiger partial charge in [-0.05, 0) is 17.7 Å². The van der Waals surface area contributed by atoms with Gasteiger partial charge < -0.3 is 10.1 Å². The molecule has 0 radical (unpaired) electrons. The van der Waals surface area contributed by atoms with Crippen LogP contribution in [0.5, 0.6) is 0 Å². The number of thiazole rings is 1. The Morgan fingerprint density at radius 1 is 1.14 bits per heavy atom. The molecule has 2 aromatic heterocycles. The molecule has 1 aliphatic heterocycles. The molecule has 1 amide bonds. The zero-order valence-corrected chi connectivity index (χ0v) is 17.0. The fraction of sp³-hybridized carbons (Fsp3) is 0.318. The number of pyridine rings is 1. The molecule has 150 valence electrons. The molecule has 0 bridgehead atoms. The standard InChI is InChI=1S/C22H24N4O2S/c27-22(19-16-29-21(25-19)14-17-6-2-1-3-7-17)24-15-20(18-8-4-5-9-23-18)26-10-12-28-13-11-26/h1-9,16,20H,10-15H2,(H,24,27). The molecule has 0 aliphatic carbocycles. The Morgan fingerprint density at radius 2 is 1.93 bits per heavy atom. The van der Waals surface area contributed by atoms with E-state index in [1.807, 2.05) is 41.8 Å². The molecule has 0 saturated carbocycles. The molecule has 1 N–H and O–H groups in total. The highest BCUT2D eigenvalue weighted by Crippen LogP contribution is 2.20. The highest BCUT2D eigenvalue weighted by Gasteiger charge is 2.24. The van der Waals surface area contributed by atoms with Crippen LogP contribution in [0.1, 0.15) is 32.8 Å². The molecular formula is C22H24N4O2S. The molecule has 7 heteroatoms. The number of hydrogen-bond donors (Lipinski definition) is 1. The number of amides is 1. The summed E-state index contributed by atoms with van der Waals surface area (Å²) in [6, 6.07) is 16.1. The summed E-state index contributed by atoms with van der Waals surface area (Å²) in [6.07, 6.45) is 2.53. The summed E-state index contributed by atoms with van der Waals surface area (Å²) in [5, 5.41) is 5.83. The van der Waals surface area contributed by atoms with Crippen LogP contribution < -0.4 is 5.32 Å². The second-order valence-electron chi connectivity index (χ2n) is 6.92. The minimum Gasteiger partial charge on any atom is -0.379 e. The summed E-state index contributed by atoms with van der Waals surface area (Å²) < 4.78 is 5.47. The number of rotatable bonds is 7. The average molecular weight is 409 g/mol. The van der Waals surface area contributed by atoms with Crippen LogP contribution in [-0.2, 0) is 11.2 Å². The Balaban J connectivity index is 1.40. The maximum atomic E-state index is 12.7. The Morgan fingerprint density at radius 3 is 2.69 bits per heavy atom. The van der Waals surface area contributed by atoms with E-state index in [1.54, 1.807) is 6.20 Å². The summed E-state index contributed by atoms with van der Waals surface area (Å²) in [4.78, 5) is 24.0. The van der Waals surface area contributed by atoms with Crippen molar-refractivity contribution in [3.63, 3.8) is 0 Å². The van der Waals surface area contributed by atoms with Crippen LogP contribution in [0.2, 0.25) is 0 Å². The van der Waals surface area contributed by atoms with Crippen LogP contribution in [0.3, 0.4) is 0 Å². The third-order valence-electron chi connectivity index (χ3n) is 4.95. The van der Waals surface area contributed by atoms with Crippen molar-refractivity contribution in [3.8, 4) is 0 Å². The first kappa shape index (κ1) is 19.7. The Kier molecular flexibility index (Phi) is 6.61. The molecule has 1 saturated heterocycles. The lowest BCUT2D eigenvalue weighted by molar-refractivity contribution is 0.0153. The predicted octanol–water partition coefficient (Wildman–Crippen LogP) is 2.93. The SMILES string of the molecule is O=C(NCC(c1ccccn1)N1CCOCC1)c1csc(Cc2ccccc2)n1. The maximum absolute atomic E-state index is 12.7. The lowest BCUT2D eigenvalue weighted by atomic mass is 10.1. The van der Waals surface area contributed by atoms with Crippen molar-refractivity contribution in [1.82, 2.24) is 20.2 Å². The van der Waals surface area contributed by atoms with Gasteiger partial charge in [-0.25, -0.2) is 4.98 Å².